The van der Waals surface area contributed by atoms with Crippen molar-refractivity contribution in [2.24, 2.45) is 5.41 Å². The highest BCUT2D eigenvalue weighted by atomic mass is 32.2. The second-order valence-corrected chi connectivity index (χ2v) is 14.1. The largest absolute Gasteiger partial charge is 0.497 e. The zero-order valence-electron chi connectivity index (χ0n) is 22.9. The maximum atomic E-state index is 14.2. The van der Waals surface area contributed by atoms with Gasteiger partial charge in [0.2, 0.25) is 0 Å². The molecule has 1 aliphatic carbocycles. The fourth-order valence-electron chi connectivity index (χ4n) is 6.74. The molecule has 8 heteroatoms. The van der Waals surface area contributed by atoms with E-state index in [2.05, 4.69) is 42.2 Å². The van der Waals surface area contributed by atoms with Crippen molar-refractivity contribution in [3.63, 3.8) is 0 Å². The molecule has 0 radical (unpaired) electrons. The number of thioether (sulfide) groups is 1. The van der Waals surface area contributed by atoms with E-state index in [1.165, 1.54) is 4.90 Å². The van der Waals surface area contributed by atoms with Gasteiger partial charge in [-0.2, -0.15) is 0 Å². The first-order valence-corrected chi connectivity index (χ1v) is 16.7. The number of nitrogens with zero attached hydrogens (tertiary/aromatic N) is 2. The van der Waals surface area contributed by atoms with Gasteiger partial charge in [-0.3, -0.25) is 0 Å². The number of methoxy groups -OCH3 is 1. The van der Waals surface area contributed by atoms with Crippen LogP contribution in [0.5, 0.6) is 5.75 Å². The van der Waals surface area contributed by atoms with Crippen LogP contribution in [-0.2, 0) is 16.4 Å². The molecular weight excluding hydrogens is 557 g/mol. The van der Waals surface area contributed by atoms with Crippen molar-refractivity contribution in [2.75, 3.05) is 19.4 Å². The second-order valence-electron chi connectivity index (χ2n) is 10.7. The summed E-state index contributed by atoms with van der Waals surface area (Å²) in [4.78, 5) is 4.94. The fourth-order valence-corrected chi connectivity index (χ4v) is 9.50. The lowest BCUT2D eigenvalue weighted by Crippen LogP contribution is -2.51. The van der Waals surface area contributed by atoms with E-state index in [0.717, 1.165) is 71.6 Å². The van der Waals surface area contributed by atoms with E-state index in [-0.39, 0.29) is 16.4 Å². The lowest BCUT2D eigenvalue weighted by atomic mass is 9.62. The van der Waals surface area contributed by atoms with E-state index in [9.17, 15) is 8.42 Å². The normalized spacial score (nSPS) is 20.8. The highest BCUT2D eigenvalue weighted by molar-refractivity contribution is 7.99. The SMILES string of the molecule is CCC12CCC(=S)N(CCSc3ccccc3)C1c1c(n(S(=O)(=O)c3ccc(OC)cc3)c3ccccc13)CC2. The monoisotopic (exact) mass is 590 g/mol. The maximum Gasteiger partial charge on any atom is 0.268 e. The highest BCUT2D eigenvalue weighted by Crippen LogP contribution is 2.57. The van der Waals surface area contributed by atoms with Crippen molar-refractivity contribution in [3.05, 3.63) is 90.1 Å². The number of para-hydroxylation sites is 1. The molecule has 2 atom stereocenters. The molecule has 0 spiro atoms. The summed E-state index contributed by atoms with van der Waals surface area (Å²) in [7, 11) is -2.25. The smallest absolute Gasteiger partial charge is 0.268 e. The lowest BCUT2D eigenvalue weighted by Gasteiger charge is -2.54. The van der Waals surface area contributed by atoms with Gasteiger partial charge in [-0.15, -0.1) is 11.8 Å². The Kier molecular flexibility index (Phi) is 7.44. The molecule has 208 valence electrons. The van der Waals surface area contributed by atoms with Gasteiger partial charge in [-0.1, -0.05) is 55.5 Å². The van der Waals surface area contributed by atoms with Crippen LogP contribution in [0, 0.1) is 5.41 Å². The average Bonchev–Trinajstić information content (AvgIpc) is 3.34. The van der Waals surface area contributed by atoms with Gasteiger partial charge in [0.05, 0.1) is 28.6 Å². The van der Waals surface area contributed by atoms with Crippen LogP contribution in [-0.4, -0.2) is 41.7 Å². The molecule has 0 saturated carbocycles. The Balaban J connectivity index is 1.48. The van der Waals surface area contributed by atoms with E-state index in [0.29, 0.717) is 5.75 Å². The van der Waals surface area contributed by atoms with E-state index < -0.39 is 10.0 Å². The summed E-state index contributed by atoms with van der Waals surface area (Å²) in [6.45, 7) is 3.12. The first-order chi connectivity index (χ1) is 19.4. The Morgan fingerprint density at radius 3 is 2.40 bits per heavy atom. The van der Waals surface area contributed by atoms with Crippen LogP contribution < -0.4 is 4.74 Å². The molecule has 6 rings (SSSR count). The number of piperidine rings is 1. The maximum absolute atomic E-state index is 14.2. The first kappa shape index (κ1) is 27.4. The first-order valence-electron chi connectivity index (χ1n) is 13.9. The average molecular weight is 591 g/mol. The minimum atomic E-state index is -3.83. The van der Waals surface area contributed by atoms with Gasteiger partial charge in [-0.25, -0.2) is 12.4 Å². The van der Waals surface area contributed by atoms with Crippen LogP contribution in [0.15, 0.2) is 88.7 Å². The summed E-state index contributed by atoms with van der Waals surface area (Å²) in [5.41, 5.74) is 2.85. The Morgan fingerprint density at radius 1 is 0.975 bits per heavy atom. The third kappa shape index (κ3) is 4.54. The van der Waals surface area contributed by atoms with Gasteiger partial charge in [0.15, 0.2) is 0 Å². The predicted octanol–water partition coefficient (Wildman–Crippen LogP) is 7.49. The number of likely N-dealkylation sites (tertiary alicyclic amines) is 1. The molecule has 1 fully saturated rings. The molecule has 2 aliphatic rings. The summed E-state index contributed by atoms with van der Waals surface area (Å²) in [5.74, 6) is 1.55. The van der Waals surface area contributed by atoms with Gasteiger partial charge in [0.25, 0.3) is 10.0 Å². The number of thiocarbonyl (C=S) groups is 1. The van der Waals surface area contributed by atoms with E-state index >= 15 is 0 Å². The number of fused-ring (bicyclic) bond motifs is 5. The van der Waals surface area contributed by atoms with Crippen LogP contribution in [0.1, 0.15) is 49.9 Å². The van der Waals surface area contributed by atoms with Gasteiger partial charge in [0, 0.05) is 33.8 Å². The Bertz CT molecular complexity index is 1650. The van der Waals surface area contributed by atoms with Crippen LogP contribution >= 0.6 is 24.0 Å². The summed E-state index contributed by atoms with van der Waals surface area (Å²) < 4.78 is 35.4. The topological polar surface area (TPSA) is 51.5 Å². The van der Waals surface area contributed by atoms with Crippen molar-refractivity contribution in [1.29, 1.82) is 0 Å². The predicted molar refractivity (Wildman–Crippen MR) is 167 cm³/mol. The molecular formula is C32H34N2O3S3. The van der Waals surface area contributed by atoms with E-state index in [1.807, 2.05) is 36.0 Å². The van der Waals surface area contributed by atoms with Crippen molar-refractivity contribution < 1.29 is 13.2 Å². The third-order valence-electron chi connectivity index (χ3n) is 8.80. The van der Waals surface area contributed by atoms with Crippen LogP contribution in [0.2, 0.25) is 0 Å². The molecule has 0 amide bonds. The van der Waals surface area contributed by atoms with Crippen LogP contribution in [0.3, 0.4) is 0 Å². The number of aromatic nitrogens is 1. The molecule has 2 heterocycles. The van der Waals surface area contributed by atoms with Gasteiger partial charge < -0.3 is 9.64 Å². The van der Waals surface area contributed by atoms with Crippen LogP contribution in [0.4, 0.5) is 0 Å². The molecule has 3 aromatic carbocycles. The minimum absolute atomic E-state index is 0.0519. The minimum Gasteiger partial charge on any atom is -0.497 e. The van der Waals surface area contributed by atoms with E-state index in [1.54, 1.807) is 35.3 Å². The Morgan fingerprint density at radius 2 is 1.68 bits per heavy atom. The number of hydrogen-bond acceptors (Lipinski definition) is 5. The third-order valence-corrected chi connectivity index (χ3v) is 12.0. The van der Waals surface area contributed by atoms with Crippen molar-refractivity contribution in [3.8, 4) is 5.75 Å². The number of ether oxygens (including phenoxy) is 1. The highest BCUT2D eigenvalue weighted by Gasteiger charge is 2.50. The molecule has 2 unspecified atom stereocenters. The Labute approximate surface area is 246 Å². The summed E-state index contributed by atoms with van der Waals surface area (Å²) in [6.07, 6.45) is 4.66. The van der Waals surface area contributed by atoms with E-state index in [4.69, 9.17) is 17.0 Å². The number of benzene rings is 3. The second kappa shape index (κ2) is 10.9. The number of rotatable bonds is 8. The molecule has 4 aromatic rings. The molecule has 1 aromatic heterocycles. The lowest BCUT2D eigenvalue weighted by molar-refractivity contribution is 0.0612. The summed E-state index contributed by atoms with van der Waals surface area (Å²) in [5, 5.41) is 1.02. The summed E-state index contributed by atoms with van der Waals surface area (Å²) >= 11 is 7.88. The standard InChI is InChI=1S/C32H34N2O3S3/c1-3-32-19-17-28-30(31(32)33(29(38)18-20-32)21-22-39-24-9-5-4-6-10-24)26-11-7-8-12-27(26)34(28)40(35,36)25-15-13-23(37-2)14-16-25/h4-16,31H,3,17-22H2,1-2H3. The zero-order valence-corrected chi connectivity index (χ0v) is 25.3. The summed E-state index contributed by atoms with van der Waals surface area (Å²) in [6, 6.07) is 25.2. The van der Waals surface area contributed by atoms with Gasteiger partial charge >= 0.3 is 0 Å². The van der Waals surface area contributed by atoms with Gasteiger partial charge in [-0.05, 0) is 80.0 Å². The molecule has 1 saturated heterocycles. The molecule has 40 heavy (non-hydrogen) atoms. The molecule has 1 aliphatic heterocycles. The molecule has 0 N–H and O–H groups in total. The van der Waals surface area contributed by atoms with Crippen molar-refractivity contribution >= 4 is 49.9 Å². The zero-order chi connectivity index (χ0) is 27.9. The van der Waals surface area contributed by atoms with Gasteiger partial charge in [0.1, 0.15) is 5.75 Å². The molecule has 0 bridgehead atoms. The fraction of sp³-hybridized carbons (Fsp3) is 0.344. The quantitative estimate of drug-likeness (QED) is 0.157. The Hall–Kier alpha value is -2.81. The number of hydrogen-bond donors (Lipinski definition) is 0. The molecule has 5 nitrogen and oxygen atoms in total. The van der Waals surface area contributed by atoms with Crippen molar-refractivity contribution in [2.45, 2.75) is 54.9 Å². The van der Waals surface area contributed by atoms with Crippen LogP contribution in [0.25, 0.3) is 10.9 Å². The van der Waals surface area contributed by atoms with Crippen molar-refractivity contribution in [1.82, 2.24) is 8.87 Å².